The van der Waals surface area contributed by atoms with Crippen LogP contribution in [0.25, 0.3) is 44.3 Å². The van der Waals surface area contributed by atoms with Gasteiger partial charge >= 0.3 is 0 Å². The normalized spacial score (nSPS) is 11.9. The number of nitrogens with zero attached hydrogens (tertiary/aromatic N) is 2. The van der Waals surface area contributed by atoms with Crippen LogP contribution in [0, 0.1) is 0 Å². The number of ether oxygens (including phenoxy) is 1. The van der Waals surface area contributed by atoms with Crippen molar-refractivity contribution in [3.63, 3.8) is 0 Å². The highest BCUT2D eigenvalue weighted by Gasteiger charge is 2.24. The van der Waals surface area contributed by atoms with Gasteiger partial charge in [0.1, 0.15) is 5.75 Å². The lowest BCUT2D eigenvalue weighted by Crippen LogP contribution is -1.91. The molecule has 0 spiro atoms. The molecule has 3 aromatic carbocycles. The molecule has 1 aliphatic carbocycles. The Morgan fingerprint density at radius 3 is 2.14 bits per heavy atom. The van der Waals surface area contributed by atoms with Crippen LogP contribution in [0.3, 0.4) is 0 Å². The molecule has 3 heteroatoms. The highest BCUT2D eigenvalue weighted by atomic mass is 16.5. The van der Waals surface area contributed by atoms with E-state index in [1.165, 1.54) is 21.9 Å². The molecule has 4 aromatic rings. The smallest absolute Gasteiger partial charge is 0.121 e. The second-order valence-corrected chi connectivity index (χ2v) is 5.48. The molecule has 0 unspecified atom stereocenters. The Morgan fingerprint density at radius 2 is 1.45 bits per heavy atom. The van der Waals surface area contributed by atoms with E-state index in [1.807, 2.05) is 18.2 Å². The molecule has 0 amide bonds. The maximum absolute atomic E-state index is 5.29. The van der Waals surface area contributed by atoms with Crippen LogP contribution in [0.4, 0.5) is 0 Å². The maximum Gasteiger partial charge on any atom is 0.121 e. The van der Waals surface area contributed by atoms with Gasteiger partial charge in [-0.15, -0.1) is 0 Å². The Kier molecular flexibility index (Phi) is 2.15. The van der Waals surface area contributed by atoms with Crippen LogP contribution in [0.5, 0.6) is 5.75 Å². The molecule has 0 saturated heterocycles. The highest BCUT2D eigenvalue weighted by Crippen LogP contribution is 2.45. The molecular formula is C19H12N2O. The molecule has 5 rings (SSSR count). The van der Waals surface area contributed by atoms with Crippen molar-refractivity contribution in [1.82, 2.24) is 9.97 Å². The number of hydrogen-bond acceptors (Lipinski definition) is 3. The lowest BCUT2D eigenvalue weighted by molar-refractivity contribution is 0.415. The van der Waals surface area contributed by atoms with E-state index in [0.717, 1.165) is 28.2 Å². The summed E-state index contributed by atoms with van der Waals surface area (Å²) in [6, 6.07) is 18.5. The topological polar surface area (TPSA) is 35.0 Å². The summed E-state index contributed by atoms with van der Waals surface area (Å²) in [6.07, 6.45) is 0. The summed E-state index contributed by atoms with van der Waals surface area (Å²) in [4.78, 5) is 9.71. The first-order chi connectivity index (χ1) is 10.8. The monoisotopic (exact) mass is 284 g/mol. The van der Waals surface area contributed by atoms with E-state index in [1.54, 1.807) is 7.11 Å². The van der Waals surface area contributed by atoms with Gasteiger partial charge in [0.15, 0.2) is 0 Å². The average molecular weight is 284 g/mol. The van der Waals surface area contributed by atoms with Crippen molar-refractivity contribution in [3.05, 3.63) is 54.6 Å². The van der Waals surface area contributed by atoms with Crippen molar-refractivity contribution in [2.75, 3.05) is 7.11 Å². The molecule has 0 radical (unpaired) electrons. The third-order valence-corrected chi connectivity index (χ3v) is 4.29. The van der Waals surface area contributed by atoms with Crippen LogP contribution in [0.2, 0.25) is 0 Å². The zero-order chi connectivity index (χ0) is 14.7. The molecule has 22 heavy (non-hydrogen) atoms. The second kappa shape index (κ2) is 4.04. The van der Waals surface area contributed by atoms with E-state index >= 15 is 0 Å². The third kappa shape index (κ3) is 1.40. The van der Waals surface area contributed by atoms with Crippen LogP contribution in [-0.4, -0.2) is 17.1 Å². The molecule has 0 bridgehead atoms. The zero-order valence-electron chi connectivity index (χ0n) is 12.0. The SMILES string of the molecule is COc1ccc2nc3c(nc2c1)-c1cccc2cccc-3c12. The van der Waals surface area contributed by atoms with Crippen LogP contribution in [0.15, 0.2) is 54.6 Å². The molecule has 3 nitrogen and oxygen atoms in total. The molecule has 0 N–H and O–H groups in total. The number of aromatic nitrogens is 2. The molecule has 1 aromatic heterocycles. The van der Waals surface area contributed by atoms with Crippen molar-refractivity contribution in [2.24, 2.45) is 0 Å². The van der Waals surface area contributed by atoms with E-state index < -0.39 is 0 Å². The van der Waals surface area contributed by atoms with Gasteiger partial charge in [-0.1, -0.05) is 36.4 Å². The summed E-state index contributed by atoms with van der Waals surface area (Å²) >= 11 is 0. The van der Waals surface area contributed by atoms with Gasteiger partial charge in [0, 0.05) is 22.6 Å². The Bertz CT molecular complexity index is 1060. The van der Waals surface area contributed by atoms with Crippen LogP contribution in [-0.2, 0) is 0 Å². The number of hydrogen-bond donors (Lipinski definition) is 0. The number of fused-ring (bicyclic) bond motifs is 4. The summed E-state index contributed by atoms with van der Waals surface area (Å²) in [5.74, 6) is 0.801. The average Bonchev–Trinajstić information content (AvgIpc) is 2.88. The molecule has 0 fully saturated rings. The van der Waals surface area contributed by atoms with Gasteiger partial charge in [0.05, 0.1) is 29.5 Å². The maximum atomic E-state index is 5.29. The van der Waals surface area contributed by atoms with Crippen molar-refractivity contribution < 1.29 is 4.74 Å². The quantitative estimate of drug-likeness (QED) is 0.456. The summed E-state index contributed by atoms with van der Waals surface area (Å²) in [6.45, 7) is 0. The zero-order valence-corrected chi connectivity index (χ0v) is 12.0. The van der Waals surface area contributed by atoms with Crippen molar-refractivity contribution in [3.8, 4) is 28.3 Å². The molecule has 104 valence electrons. The minimum absolute atomic E-state index is 0.801. The van der Waals surface area contributed by atoms with E-state index in [-0.39, 0.29) is 0 Å². The first-order valence-corrected chi connectivity index (χ1v) is 7.23. The predicted molar refractivity (Wildman–Crippen MR) is 88.0 cm³/mol. The molecule has 1 aliphatic rings. The Balaban J connectivity index is 1.92. The van der Waals surface area contributed by atoms with Gasteiger partial charge in [0.25, 0.3) is 0 Å². The fraction of sp³-hybridized carbons (Fsp3) is 0.0526. The largest absolute Gasteiger partial charge is 0.497 e. The van der Waals surface area contributed by atoms with Crippen molar-refractivity contribution in [2.45, 2.75) is 0 Å². The van der Waals surface area contributed by atoms with Gasteiger partial charge in [0.2, 0.25) is 0 Å². The van der Waals surface area contributed by atoms with E-state index in [2.05, 4.69) is 36.4 Å². The van der Waals surface area contributed by atoms with Gasteiger partial charge in [-0.05, 0) is 17.5 Å². The Labute approximate surface area is 127 Å². The molecule has 0 saturated carbocycles. The molecule has 0 aliphatic heterocycles. The summed E-state index contributed by atoms with van der Waals surface area (Å²) in [5.41, 5.74) is 6.04. The molecular weight excluding hydrogens is 272 g/mol. The fourth-order valence-electron chi connectivity index (χ4n) is 3.27. The Hall–Kier alpha value is -2.94. The lowest BCUT2D eigenvalue weighted by atomic mass is 10.0. The summed E-state index contributed by atoms with van der Waals surface area (Å²) in [7, 11) is 1.67. The van der Waals surface area contributed by atoms with E-state index in [9.17, 15) is 0 Å². The fourth-order valence-corrected chi connectivity index (χ4v) is 3.27. The van der Waals surface area contributed by atoms with Crippen LogP contribution in [0.1, 0.15) is 0 Å². The van der Waals surface area contributed by atoms with Gasteiger partial charge in [-0.25, -0.2) is 9.97 Å². The van der Waals surface area contributed by atoms with Gasteiger partial charge in [-0.2, -0.15) is 0 Å². The van der Waals surface area contributed by atoms with Crippen molar-refractivity contribution in [1.29, 1.82) is 0 Å². The van der Waals surface area contributed by atoms with Crippen LogP contribution >= 0.6 is 0 Å². The second-order valence-electron chi connectivity index (χ2n) is 5.48. The van der Waals surface area contributed by atoms with Crippen molar-refractivity contribution >= 4 is 21.8 Å². The highest BCUT2D eigenvalue weighted by molar-refractivity contribution is 6.14. The minimum atomic E-state index is 0.801. The number of methoxy groups -OCH3 is 1. The standard InChI is InChI=1S/C19H12N2O/c1-22-12-8-9-15-16(10-12)21-19-14-7-3-5-11-4-2-6-13(17(11)14)18(19)20-15/h2-10H,1H3. The molecule has 0 atom stereocenters. The summed E-state index contributed by atoms with van der Waals surface area (Å²) < 4.78 is 5.29. The Morgan fingerprint density at radius 1 is 0.773 bits per heavy atom. The number of rotatable bonds is 1. The first-order valence-electron chi connectivity index (χ1n) is 7.23. The van der Waals surface area contributed by atoms with Crippen LogP contribution < -0.4 is 4.74 Å². The minimum Gasteiger partial charge on any atom is -0.497 e. The predicted octanol–water partition coefficient (Wildman–Crippen LogP) is 4.44. The first kappa shape index (κ1) is 11.7. The van der Waals surface area contributed by atoms with Gasteiger partial charge in [-0.3, -0.25) is 0 Å². The summed E-state index contributed by atoms with van der Waals surface area (Å²) in [5, 5.41) is 2.48. The van der Waals surface area contributed by atoms with E-state index in [0.29, 0.717) is 0 Å². The van der Waals surface area contributed by atoms with E-state index in [4.69, 9.17) is 14.7 Å². The lowest BCUT2D eigenvalue weighted by Gasteiger charge is -2.05. The van der Waals surface area contributed by atoms with Gasteiger partial charge < -0.3 is 4.74 Å². The molecule has 1 heterocycles. The third-order valence-electron chi connectivity index (χ3n) is 4.29. The number of benzene rings is 3.